The lowest BCUT2D eigenvalue weighted by Crippen LogP contribution is -2.07. The molecule has 2 atom stereocenters. The summed E-state index contributed by atoms with van der Waals surface area (Å²) in [6.45, 7) is 3.57. The number of hydrogen-bond acceptors (Lipinski definition) is 5. The zero-order valence-electron chi connectivity index (χ0n) is 20.1. The third-order valence-corrected chi connectivity index (χ3v) is 6.90. The van der Waals surface area contributed by atoms with E-state index in [9.17, 15) is 4.79 Å². The van der Waals surface area contributed by atoms with Crippen molar-refractivity contribution in [2.75, 3.05) is 26.9 Å². The Kier molecular flexibility index (Phi) is 6.64. The highest BCUT2D eigenvalue weighted by Crippen LogP contribution is 2.44. The number of carbonyl (C=O) groups is 1. The summed E-state index contributed by atoms with van der Waals surface area (Å²) in [6, 6.07) is 18.4. The Balaban J connectivity index is 1.37. The van der Waals surface area contributed by atoms with Crippen molar-refractivity contribution in [3.8, 4) is 28.4 Å². The van der Waals surface area contributed by atoms with Crippen LogP contribution in [0.5, 0.6) is 17.2 Å². The highest BCUT2D eigenvalue weighted by atomic mass is 16.5. The molecule has 1 aliphatic heterocycles. The minimum atomic E-state index is -0.813. The molecular weight excluding hydrogens is 444 g/mol. The van der Waals surface area contributed by atoms with E-state index >= 15 is 0 Å². The third kappa shape index (κ3) is 4.71. The lowest BCUT2D eigenvalue weighted by Gasteiger charge is -2.18. The van der Waals surface area contributed by atoms with Crippen LogP contribution >= 0.6 is 0 Å². The van der Waals surface area contributed by atoms with Crippen molar-refractivity contribution in [3.05, 3.63) is 76.9 Å². The number of carboxylic acid groups (broad SMARTS) is 1. The van der Waals surface area contributed by atoms with E-state index in [0.29, 0.717) is 19.8 Å². The standard InChI is InChI=1S/C29H30O6/c1-18-21(5-4-8-26(18)33-14-13-32-2)23-6-3-7-25-24(23)11-12-27(25)35-20-9-10-22-19(15-29(30)31)17-34-28(22)16-20/h3-10,16,19,27H,11-15,17H2,1-2H3,(H,30,31)/t19-,27-/m1/s1. The van der Waals surface area contributed by atoms with Gasteiger partial charge in [-0.2, -0.15) is 0 Å². The Hall–Kier alpha value is -3.51. The summed E-state index contributed by atoms with van der Waals surface area (Å²) in [6.07, 6.45) is 1.87. The van der Waals surface area contributed by atoms with Gasteiger partial charge in [-0.15, -0.1) is 0 Å². The minimum Gasteiger partial charge on any atom is -0.492 e. The summed E-state index contributed by atoms with van der Waals surface area (Å²) >= 11 is 0. The Labute approximate surface area is 205 Å². The fourth-order valence-corrected chi connectivity index (χ4v) is 5.16. The molecule has 0 spiro atoms. The Morgan fingerprint density at radius 2 is 1.89 bits per heavy atom. The smallest absolute Gasteiger partial charge is 0.304 e. The SMILES string of the molecule is COCCOc1cccc(-c2cccc3c2CC[C@H]3Oc2ccc3c(c2)OC[C@H]3CC(=O)O)c1C. The highest BCUT2D eigenvalue weighted by molar-refractivity contribution is 5.74. The van der Waals surface area contributed by atoms with Gasteiger partial charge < -0.3 is 24.1 Å². The Morgan fingerprint density at radius 1 is 1.06 bits per heavy atom. The average molecular weight is 475 g/mol. The first-order valence-electron chi connectivity index (χ1n) is 12.0. The van der Waals surface area contributed by atoms with Gasteiger partial charge in [-0.05, 0) is 59.7 Å². The lowest BCUT2D eigenvalue weighted by atomic mass is 9.93. The number of fused-ring (bicyclic) bond motifs is 2. The van der Waals surface area contributed by atoms with E-state index in [4.69, 9.17) is 24.1 Å². The molecule has 3 aromatic rings. The van der Waals surface area contributed by atoms with Crippen molar-refractivity contribution in [1.29, 1.82) is 0 Å². The molecule has 6 nitrogen and oxygen atoms in total. The molecule has 3 aromatic carbocycles. The van der Waals surface area contributed by atoms with Gasteiger partial charge in [-0.1, -0.05) is 36.4 Å². The van der Waals surface area contributed by atoms with Gasteiger partial charge >= 0.3 is 5.97 Å². The average Bonchev–Trinajstić information content (AvgIpc) is 3.44. The number of methoxy groups -OCH3 is 1. The van der Waals surface area contributed by atoms with Crippen LogP contribution in [-0.4, -0.2) is 38.0 Å². The van der Waals surface area contributed by atoms with Gasteiger partial charge in [-0.3, -0.25) is 4.79 Å². The Bertz CT molecular complexity index is 1230. The maximum atomic E-state index is 11.1. The minimum absolute atomic E-state index is 0.0411. The molecule has 5 rings (SSSR count). The van der Waals surface area contributed by atoms with Crippen LogP contribution in [0.15, 0.2) is 54.6 Å². The van der Waals surface area contributed by atoms with E-state index in [-0.39, 0.29) is 18.4 Å². The molecular formula is C29H30O6. The second-order valence-corrected chi connectivity index (χ2v) is 9.09. The van der Waals surface area contributed by atoms with Gasteiger partial charge in [0.2, 0.25) is 0 Å². The van der Waals surface area contributed by atoms with Crippen LogP contribution in [0.3, 0.4) is 0 Å². The quantitative estimate of drug-likeness (QED) is 0.401. The summed E-state index contributed by atoms with van der Waals surface area (Å²) in [5.74, 6) is 1.42. The van der Waals surface area contributed by atoms with E-state index in [1.807, 2.05) is 30.3 Å². The number of hydrogen-bond donors (Lipinski definition) is 1. The maximum Gasteiger partial charge on any atom is 0.304 e. The molecule has 0 saturated carbocycles. The van der Waals surface area contributed by atoms with Gasteiger partial charge in [0, 0.05) is 24.7 Å². The summed E-state index contributed by atoms with van der Waals surface area (Å²) in [5.41, 5.74) is 6.97. The second kappa shape index (κ2) is 10.0. The van der Waals surface area contributed by atoms with Gasteiger partial charge in [0.05, 0.1) is 19.6 Å². The molecule has 35 heavy (non-hydrogen) atoms. The number of benzene rings is 3. The molecule has 0 aromatic heterocycles. The van der Waals surface area contributed by atoms with Crippen LogP contribution in [0.25, 0.3) is 11.1 Å². The first-order chi connectivity index (χ1) is 17.0. The van der Waals surface area contributed by atoms with Gasteiger partial charge in [0.15, 0.2) is 0 Å². The summed E-state index contributed by atoms with van der Waals surface area (Å²) < 4.78 is 23.2. The largest absolute Gasteiger partial charge is 0.492 e. The molecule has 6 heteroatoms. The molecule has 0 saturated heterocycles. The third-order valence-electron chi connectivity index (χ3n) is 6.90. The molecule has 0 fully saturated rings. The first-order valence-corrected chi connectivity index (χ1v) is 12.0. The van der Waals surface area contributed by atoms with Gasteiger partial charge in [-0.25, -0.2) is 0 Å². The molecule has 0 amide bonds. The van der Waals surface area contributed by atoms with Crippen molar-refractivity contribution in [2.24, 2.45) is 0 Å². The van der Waals surface area contributed by atoms with Crippen LogP contribution in [0.1, 0.15) is 47.1 Å². The van der Waals surface area contributed by atoms with E-state index in [0.717, 1.165) is 41.2 Å². The van der Waals surface area contributed by atoms with Gasteiger partial charge in [0.1, 0.15) is 30.0 Å². The first kappa shape index (κ1) is 23.2. The number of rotatable bonds is 9. The van der Waals surface area contributed by atoms with Crippen molar-refractivity contribution < 1.29 is 28.8 Å². The molecule has 0 unspecified atom stereocenters. The van der Waals surface area contributed by atoms with Crippen molar-refractivity contribution in [1.82, 2.24) is 0 Å². The summed E-state index contributed by atoms with van der Waals surface area (Å²) in [7, 11) is 1.67. The van der Waals surface area contributed by atoms with Crippen molar-refractivity contribution in [2.45, 2.75) is 38.2 Å². The van der Waals surface area contributed by atoms with Crippen LogP contribution in [0, 0.1) is 6.92 Å². The topological polar surface area (TPSA) is 74.2 Å². The molecule has 1 aliphatic carbocycles. The fraction of sp³-hybridized carbons (Fsp3) is 0.345. The molecule has 0 radical (unpaired) electrons. The highest BCUT2D eigenvalue weighted by Gasteiger charge is 2.29. The van der Waals surface area contributed by atoms with Crippen molar-refractivity contribution in [3.63, 3.8) is 0 Å². The monoisotopic (exact) mass is 474 g/mol. The van der Waals surface area contributed by atoms with Crippen molar-refractivity contribution >= 4 is 5.97 Å². The normalized spacial score (nSPS) is 18.0. The molecule has 2 aliphatic rings. The maximum absolute atomic E-state index is 11.1. The molecule has 1 heterocycles. The van der Waals surface area contributed by atoms with E-state index in [1.54, 1.807) is 7.11 Å². The van der Waals surface area contributed by atoms with Crippen LogP contribution < -0.4 is 14.2 Å². The lowest BCUT2D eigenvalue weighted by molar-refractivity contribution is -0.137. The van der Waals surface area contributed by atoms with E-state index in [1.165, 1.54) is 22.3 Å². The number of carboxylic acids is 1. The number of aliphatic carboxylic acids is 1. The summed E-state index contributed by atoms with van der Waals surface area (Å²) in [4.78, 5) is 11.1. The second-order valence-electron chi connectivity index (χ2n) is 9.09. The number of ether oxygens (including phenoxy) is 4. The zero-order chi connectivity index (χ0) is 24.4. The fourth-order valence-electron chi connectivity index (χ4n) is 5.16. The van der Waals surface area contributed by atoms with Crippen LogP contribution in [0.2, 0.25) is 0 Å². The molecule has 182 valence electrons. The predicted octanol–water partition coefficient (Wildman–Crippen LogP) is 5.70. The van der Waals surface area contributed by atoms with Gasteiger partial charge in [0.25, 0.3) is 0 Å². The Morgan fingerprint density at radius 3 is 2.71 bits per heavy atom. The molecule has 0 bridgehead atoms. The van der Waals surface area contributed by atoms with E-state index in [2.05, 4.69) is 31.2 Å². The summed E-state index contributed by atoms with van der Waals surface area (Å²) in [5, 5.41) is 9.13. The predicted molar refractivity (Wildman–Crippen MR) is 133 cm³/mol. The van der Waals surface area contributed by atoms with E-state index < -0.39 is 5.97 Å². The van der Waals surface area contributed by atoms with Crippen LogP contribution in [-0.2, 0) is 16.0 Å². The zero-order valence-corrected chi connectivity index (χ0v) is 20.1. The molecule has 1 N–H and O–H groups in total. The van der Waals surface area contributed by atoms with Crippen LogP contribution in [0.4, 0.5) is 0 Å².